The van der Waals surface area contributed by atoms with E-state index < -0.39 is 5.38 Å². The number of rotatable bonds is 5. The number of benzene rings is 1. The van der Waals surface area contributed by atoms with Crippen molar-refractivity contribution in [2.24, 2.45) is 0 Å². The van der Waals surface area contributed by atoms with Gasteiger partial charge in [-0.2, -0.15) is 0 Å². The molecule has 18 heavy (non-hydrogen) atoms. The van der Waals surface area contributed by atoms with Crippen molar-refractivity contribution in [3.63, 3.8) is 0 Å². The van der Waals surface area contributed by atoms with Crippen LogP contribution in [0.15, 0.2) is 12.1 Å². The molecule has 0 heterocycles. The van der Waals surface area contributed by atoms with E-state index in [9.17, 15) is 4.79 Å². The monoisotopic (exact) mass is 273 g/mol. The second-order valence-electron chi connectivity index (χ2n) is 3.52. The Morgan fingerprint density at radius 1 is 1.17 bits per heavy atom. The number of nitrogens with one attached hydrogen (secondary N) is 1. The lowest BCUT2D eigenvalue weighted by molar-refractivity contribution is -0.115. The normalized spacial score (nSPS) is 11.6. The average Bonchev–Trinajstić information content (AvgIpc) is 2.37. The fourth-order valence-corrected chi connectivity index (χ4v) is 1.45. The van der Waals surface area contributed by atoms with Crippen molar-refractivity contribution in [2.45, 2.75) is 12.3 Å². The zero-order valence-corrected chi connectivity index (χ0v) is 11.5. The number of amides is 1. The summed E-state index contributed by atoms with van der Waals surface area (Å²) < 4.78 is 15.5. The highest BCUT2D eigenvalue weighted by atomic mass is 35.5. The van der Waals surface area contributed by atoms with Crippen LogP contribution in [0.2, 0.25) is 0 Å². The summed E-state index contributed by atoms with van der Waals surface area (Å²) >= 11 is 5.68. The fraction of sp³-hybridized carbons (Fsp3) is 0.417. The van der Waals surface area contributed by atoms with Crippen LogP contribution < -0.4 is 19.5 Å². The van der Waals surface area contributed by atoms with Gasteiger partial charge < -0.3 is 19.5 Å². The lowest BCUT2D eigenvalue weighted by atomic mass is 10.2. The van der Waals surface area contributed by atoms with Gasteiger partial charge in [-0.1, -0.05) is 0 Å². The minimum Gasteiger partial charge on any atom is -0.493 e. The zero-order chi connectivity index (χ0) is 13.7. The molecule has 0 fully saturated rings. The first-order chi connectivity index (χ1) is 8.53. The van der Waals surface area contributed by atoms with Gasteiger partial charge in [0.05, 0.1) is 21.3 Å². The minimum absolute atomic E-state index is 0.300. The van der Waals surface area contributed by atoms with Gasteiger partial charge in [0.25, 0.3) is 0 Å². The van der Waals surface area contributed by atoms with Gasteiger partial charge in [0.1, 0.15) is 5.38 Å². The molecule has 0 spiro atoms. The molecule has 1 aromatic rings. The molecule has 0 saturated carbocycles. The summed E-state index contributed by atoms with van der Waals surface area (Å²) in [5.74, 6) is 1.10. The second kappa shape index (κ2) is 6.35. The molecule has 0 aromatic heterocycles. The summed E-state index contributed by atoms with van der Waals surface area (Å²) in [6, 6.07) is 3.27. The molecule has 1 N–H and O–H groups in total. The predicted octanol–water partition coefficient (Wildman–Crippen LogP) is 2.28. The predicted molar refractivity (Wildman–Crippen MR) is 70.0 cm³/mol. The van der Waals surface area contributed by atoms with E-state index in [2.05, 4.69) is 5.32 Å². The van der Waals surface area contributed by atoms with E-state index in [1.165, 1.54) is 21.3 Å². The molecule has 1 rings (SSSR count). The Labute approximate surface area is 111 Å². The molecule has 1 amide bonds. The third-order valence-electron chi connectivity index (χ3n) is 2.29. The highest BCUT2D eigenvalue weighted by molar-refractivity contribution is 6.32. The summed E-state index contributed by atoms with van der Waals surface area (Å²) in [5, 5.41) is 2.03. The molecule has 1 atom stereocenters. The molecule has 0 saturated heterocycles. The highest BCUT2D eigenvalue weighted by Gasteiger charge is 2.15. The van der Waals surface area contributed by atoms with Gasteiger partial charge in [0, 0.05) is 17.8 Å². The number of carbonyl (C=O) groups excluding carboxylic acids is 1. The van der Waals surface area contributed by atoms with Crippen LogP contribution in [0, 0.1) is 0 Å². The number of methoxy groups -OCH3 is 3. The zero-order valence-electron chi connectivity index (χ0n) is 10.7. The second-order valence-corrected chi connectivity index (χ2v) is 4.17. The SMILES string of the molecule is COc1cc(NC(=O)C(C)Cl)cc(OC)c1OC. The van der Waals surface area contributed by atoms with E-state index >= 15 is 0 Å². The lowest BCUT2D eigenvalue weighted by Crippen LogP contribution is -2.20. The topological polar surface area (TPSA) is 56.8 Å². The molecule has 1 unspecified atom stereocenters. The molecule has 5 nitrogen and oxygen atoms in total. The molecule has 1 aromatic carbocycles. The molecular formula is C12H16ClNO4. The Morgan fingerprint density at radius 3 is 2.00 bits per heavy atom. The molecule has 0 aliphatic rings. The van der Waals surface area contributed by atoms with E-state index in [1.54, 1.807) is 19.1 Å². The Morgan fingerprint density at radius 2 is 1.67 bits per heavy atom. The highest BCUT2D eigenvalue weighted by Crippen LogP contribution is 2.39. The quantitative estimate of drug-likeness (QED) is 0.836. The number of carbonyl (C=O) groups is 1. The van der Waals surface area contributed by atoms with Crippen molar-refractivity contribution in [1.29, 1.82) is 0 Å². The van der Waals surface area contributed by atoms with Crippen LogP contribution in [0.4, 0.5) is 5.69 Å². The van der Waals surface area contributed by atoms with Crippen LogP contribution in [0.1, 0.15) is 6.92 Å². The number of ether oxygens (including phenoxy) is 3. The van der Waals surface area contributed by atoms with Gasteiger partial charge in [0.15, 0.2) is 11.5 Å². The van der Waals surface area contributed by atoms with Gasteiger partial charge in [-0.05, 0) is 6.92 Å². The first-order valence-electron chi connectivity index (χ1n) is 5.28. The standard InChI is InChI=1S/C12H16ClNO4/c1-7(13)12(15)14-8-5-9(16-2)11(18-4)10(6-8)17-3/h5-7H,1-4H3,(H,14,15). The molecule has 0 bridgehead atoms. The van der Waals surface area contributed by atoms with Crippen LogP contribution in [-0.2, 0) is 4.79 Å². The van der Waals surface area contributed by atoms with Gasteiger partial charge >= 0.3 is 0 Å². The summed E-state index contributed by atoms with van der Waals surface area (Å²) in [6.07, 6.45) is 0. The maximum absolute atomic E-state index is 11.5. The molecule has 0 aliphatic carbocycles. The number of alkyl halides is 1. The van der Waals surface area contributed by atoms with E-state index in [4.69, 9.17) is 25.8 Å². The summed E-state index contributed by atoms with van der Waals surface area (Å²) in [7, 11) is 4.53. The first kappa shape index (κ1) is 14.4. The van der Waals surface area contributed by atoms with Gasteiger partial charge in [0.2, 0.25) is 11.7 Å². The first-order valence-corrected chi connectivity index (χ1v) is 5.72. The van der Waals surface area contributed by atoms with E-state index in [1.807, 2.05) is 0 Å². The average molecular weight is 274 g/mol. The van der Waals surface area contributed by atoms with Crippen LogP contribution in [0.5, 0.6) is 17.2 Å². The molecule has 100 valence electrons. The van der Waals surface area contributed by atoms with Crippen molar-refractivity contribution in [2.75, 3.05) is 26.6 Å². The van der Waals surface area contributed by atoms with Crippen LogP contribution in [0.3, 0.4) is 0 Å². The number of hydrogen-bond donors (Lipinski definition) is 1. The van der Waals surface area contributed by atoms with Crippen molar-refractivity contribution in [1.82, 2.24) is 0 Å². The molecular weight excluding hydrogens is 258 g/mol. The van der Waals surface area contributed by atoms with Crippen LogP contribution in [0.25, 0.3) is 0 Å². The van der Waals surface area contributed by atoms with Crippen molar-refractivity contribution in [3.05, 3.63) is 12.1 Å². The van der Waals surface area contributed by atoms with Crippen molar-refractivity contribution < 1.29 is 19.0 Å². The fourth-order valence-electron chi connectivity index (χ4n) is 1.39. The molecule has 0 radical (unpaired) electrons. The van der Waals surface area contributed by atoms with Crippen LogP contribution in [-0.4, -0.2) is 32.6 Å². The van der Waals surface area contributed by atoms with Crippen molar-refractivity contribution in [3.8, 4) is 17.2 Å². The molecule has 0 aliphatic heterocycles. The Bertz CT molecular complexity index is 409. The summed E-state index contributed by atoms with van der Waals surface area (Å²) in [4.78, 5) is 11.5. The summed E-state index contributed by atoms with van der Waals surface area (Å²) in [6.45, 7) is 1.59. The number of anilines is 1. The lowest BCUT2D eigenvalue weighted by Gasteiger charge is -2.14. The van der Waals surface area contributed by atoms with Crippen molar-refractivity contribution >= 4 is 23.2 Å². The van der Waals surface area contributed by atoms with E-state index in [0.717, 1.165) is 0 Å². The number of halogens is 1. The Hall–Kier alpha value is -1.62. The largest absolute Gasteiger partial charge is 0.493 e. The molecule has 6 heteroatoms. The minimum atomic E-state index is -0.621. The van der Waals surface area contributed by atoms with Gasteiger partial charge in [-0.3, -0.25) is 4.79 Å². The van der Waals surface area contributed by atoms with E-state index in [0.29, 0.717) is 22.9 Å². The van der Waals surface area contributed by atoms with E-state index in [-0.39, 0.29) is 5.91 Å². The third kappa shape index (κ3) is 3.20. The van der Waals surface area contributed by atoms with Gasteiger partial charge in [-0.15, -0.1) is 11.6 Å². The number of hydrogen-bond acceptors (Lipinski definition) is 4. The van der Waals surface area contributed by atoms with Crippen LogP contribution >= 0.6 is 11.6 Å². The maximum atomic E-state index is 11.5. The Balaban J connectivity index is 3.11. The summed E-state index contributed by atoms with van der Waals surface area (Å²) in [5.41, 5.74) is 0.530. The van der Waals surface area contributed by atoms with Gasteiger partial charge in [-0.25, -0.2) is 0 Å². The third-order valence-corrected chi connectivity index (χ3v) is 2.49. The maximum Gasteiger partial charge on any atom is 0.242 e. The Kier molecular flexibility index (Phi) is 5.09. The smallest absolute Gasteiger partial charge is 0.242 e.